The molecule has 4 saturated heterocycles. The maximum atomic E-state index is 11.4. The number of hydrogen-bond acceptors (Lipinski definition) is 5. The molecule has 0 N–H and O–H groups in total. The fourth-order valence-electron chi connectivity index (χ4n) is 5.19. The predicted molar refractivity (Wildman–Crippen MR) is 52.2 cm³/mol. The molecule has 17 heavy (non-hydrogen) atoms. The monoisotopic (exact) mass is 238 g/mol. The molecule has 9 atom stereocenters. The normalized spacial score (nSPS) is 73.6. The molecule has 4 aliphatic heterocycles. The smallest absolute Gasteiger partial charge is 0.176 e. The zero-order valence-corrected chi connectivity index (χ0v) is 9.66. The van der Waals surface area contributed by atoms with E-state index < -0.39 is 11.6 Å². The van der Waals surface area contributed by atoms with Gasteiger partial charge in [0.15, 0.2) is 24.2 Å². The molecule has 1 saturated carbocycles. The molecule has 92 valence electrons. The van der Waals surface area contributed by atoms with E-state index in [2.05, 4.69) is 0 Å². The summed E-state index contributed by atoms with van der Waals surface area (Å²) >= 11 is 0. The maximum absolute atomic E-state index is 11.4. The van der Waals surface area contributed by atoms with Gasteiger partial charge in [-0.2, -0.15) is 0 Å². The largest absolute Gasteiger partial charge is 0.323 e. The van der Waals surface area contributed by atoms with Crippen LogP contribution >= 0.6 is 0 Å². The third-order valence-electron chi connectivity index (χ3n) is 5.48. The van der Waals surface area contributed by atoms with Crippen LogP contribution in [0, 0.1) is 29.6 Å². The van der Waals surface area contributed by atoms with Crippen LogP contribution in [0.15, 0.2) is 0 Å². The van der Waals surface area contributed by atoms with Crippen molar-refractivity contribution in [3.05, 3.63) is 0 Å². The Labute approximate surface area is 98.3 Å². The summed E-state index contributed by atoms with van der Waals surface area (Å²) in [5, 5.41) is 0. The molecule has 0 unspecified atom stereocenters. The molecule has 2 bridgehead atoms. The summed E-state index contributed by atoms with van der Waals surface area (Å²) in [5.41, 5.74) is 0. The van der Waals surface area contributed by atoms with Crippen molar-refractivity contribution in [3.8, 4) is 0 Å². The summed E-state index contributed by atoms with van der Waals surface area (Å²) in [4.78, 5) is 11.4. The fraction of sp³-hybridized carbons (Fsp3) is 0.917. The van der Waals surface area contributed by atoms with E-state index in [0.29, 0.717) is 0 Å². The number of aldehydes is 1. The summed E-state index contributed by atoms with van der Waals surface area (Å²) in [6.45, 7) is 3.86. The third-order valence-corrected chi connectivity index (χ3v) is 5.48. The molecular weight excluding hydrogens is 224 g/mol. The first-order chi connectivity index (χ1) is 8.07. The number of carbonyl (C=O) groups is 1. The van der Waals surface area contributed by atoms with E-state index in [4.69, 9.17) is 18.9 Å². The highest BCUT2D eigenvalue weighted by Gasteiger charge is 2.82. The van der Waals surface area contributed by atoms with Gasteiger partial charge < -0.3 is 23.7 Å². The van der Waals surface area contributed by atoms with Gasteiger partial charge in [0.05, 0.1) is 0 Å². The highest BCUT2D eigenvalue weighted by Crippen LogP contribution is 2.73. The molecule has 1 aliphatic carbocycles. The lowest BCUT2D eigenvalue weighted by Gasteiger charge is -2.43. The van der Waals surface area contributed by atoms with Crippen LogP contribution in [0.4, 0.5) is 0 Å². The van der Waals surface area contributed by atoms with Crippen molar-refractivity contribution in [2.75, 3.05) is 0 Å². The Morgan fingerprint density at radius 3 is 2.35 bits per heavy atom. The first kappa shape index (κ1) is 9.44. The summed E-state index contributed by atoms with van der Waals surface area (Å²) in [5.74, 6) is -0.622. The summed E-state index contributed by atoms with van der Waals surface area (Å²) < 4.78 is 23.7. The van der Waals surface area contributed by atoms with Gasteiger partial charge in [-0.15, -0.1) is 0 Å². The van der Waals surface area contributed by atoms with Crippen LogP contribution in [-0.4, -0.2) is 30.4 Å². The van der Waals surface area contributed by atoms with Crippen LogP contribution in [0.25, 0.3) is 0 Å². The average molecular weight is 238 g/mol. The summed E-state index contributed by atoms with van der Waals surface area (Å²) in [6.07, 6.45) is 0.482. The van der Waals surface area contributed by atoms with Crippen LogP contribution in [0.5, 0.6) is 0 Å². The Morgan fingerprint density at radius 1 is 1.00 bits per heavy atom. The van der Waals surface area contributed by atoms with Crippen LogP contribution in [0.3, 0.4) is 0 Å². The highest BCUT2D eigenvalue weighted by molar-refractivity contribution is 5.58. The van der Waals surface area contributed by atoms with Crippen LogP contribution in [-0.2, 0) is 23.7 Å². The van der Waals surface area contributed by atoms with Crippen molar-refractivity contribution in [2.45, 2.75) is 38.0 Å². The van der Waals surface area contributed by atoms with Crippen LogP contribution in [0.2, 0.25) is 0 Å². The number of carbonyl (C=O) groups excluding carboxylic acids is 1. The SMILES string of the molecule is C[C@]12O[C@@H]3O[C@@H]4O[C@](C)(O1)[C@H]1[C@@H]4[C@@H]3[C@@H](C=O)[C@H]12. The molecular formula is C12H14O5. The molecule has 5 heteroatoms. The van der Waals surface area contributed by atoms with Crippen molar-refractivity contribution in [2.24, 2.45) is 29.6 Å². The van der Waals surface area contributed by atoms with E-state index in [1.165, 1.54) is 0 Å². The van der Waals surface area contributed by atoms with Gasteiger partial charge in [-0.1, -0.05) is 0 Å². The first-order valence-electron chi connectivity index (χ1n) is 6.24. The van der Waals surface area contributed by atoms with Crippen molar-refractivity contribution >= 4 is 6.29 Å². The van der Waals surface area contributed by atoms with Crippen molar-refractivity contribution in [1.82, 2.24) is 0 Å². The molecule has 4 heterocycles. The topological polar surface area (TPSA) is 54.0 Å². The molecule has 0 amide bonds. The van der Waals surface area contributed by atoms with Crippen molar-refractivity contribution in [1.29, 1.82) is 0 Å². The number of ether oxygens (including phenoxy) is 4. The van der Waals surface area contributed by atoms with Crippen molar-refractivity contribution < 1.29 is 23.7 Å². The molecule has 0 aromatic carbocycles. The zero-order chi connectivity index (χ0) is 11.6. The minimum atomic E-state index is -0.730. The average Bonchev–Trinajstić information content (AvgIpc) is 2.83. The molecule has 5 fully saturated rings. The number of hydrogen-bond donors (Lipinski definition) is 0. The predicted octanol–water partition coefficient (Wildman–Crippen LogP) is 0.485. The standard InChI is InChI=1S/C12H14O5/c1-11-7-4(3-13)5-6-8(7)12(2,17-11)16-10(6)14-9(5)15-11/h3-10H,1-2H3/t4-,5+,6+,7-,8+,9+,10-,11+,12-/m1/s1. The van der Waals surface area contributed by atoms with Crippen LogP contribution in [0.1, 0.15) is 13.8 Å². The Balaban J connectivity index is 1.79. The van der Waals surface area contributed by atoms with Crippen LogP contribution < -0.4 is 0 Å². The highest BCUT2D eigenvalue weighted by atomic mass is 16.9. The Hall–Kier alpha value is -0.490. The van der Waals surface area contributed by atoms with Gasteiger partial charge >= 0.3 is 0 Å². The van der Waals surface area contributed by atoms with E-state index >= 15 is 0 Å². The summed E-state index contributed by atoms with van der Waals surface area (Å²) in [6, 6.07) is 0. The molecule has 0 spiro atoms. The molecule has 5 aliphatic rings. The van der Waals surface area contributed by atoms with Crippen molar-refractivity contribution in [3.63, 3.8) is 0 Å². The first-order valence-corrected chi connectivity index (χ1v) is 6.24. The quantitative estimate of drug-likeness (QED) is 0.622. The minimum Gasteiger partial charge on any atom is -0.323 e. The summed E-state index contributed by atoms with van der Waals surface area (Å²) in [7, 11) is 0. The van der Waals surface area contributed by atoms with Gasteiger partial charge in [0.2, 0.25) is 0 Å². The Bertz CT molecular complexity index is 439. The Kier molecular flexibility index (Phi) is 1.29. The molecule has 5 nitrogen and oxygen atoms in total. The molecule has 5 rings (SSSR count). The second-order valence-corrected chi connectivity index (χ2v) is 6.16. The van der Waals surface area contributed by atoms with Gasteiger partial charge in [-0.3, -0.25) is 0 Å². The molecule has 0 aromatic rings. The minimum absolute atomic E-state index is 0.00975. The third kappa shape index (κ3) is 0.748. The van der Waals surface area contributed by atoms with Gasteiger partial charge in [0.25, 0.3) is 0 Å². The second kappa shape index (κ2) is 2.32. The second-order valence-electron chi connectivity index (χ2n) is 6.16. The lowest BCUT2D eigenvalue weighted by Crippen LogP contribution is -2.52. The van der Waals surface area contributed by atoms with E-state index in [1.54, 1.807) is 0 Å². The lowest BCUT2D eigenvalue weighted by atomic mass is 9.80. The zero-order valence-electron chi connectivity index (χ0n) is 9.66. The van der Waals surface area contributed by atoms with E-state index in [0.717, 1.165) is 6.29 Å². The van der Waals surface area contributed by atoms with Gasteiger partial charge in [0, 0.05) is 29.6 Å². The van der Waals surface area contributed by atoms with Gasteiger partial charge in [0.1, 0.15) is 6.29 Å². The Morgan fingerprint density at radius 2 is 1.65 bits per heavy atom. The maximum Gasteiger partial charge on any atom is 0.176 e. The van der Waals surface area contributed by atoms with Gasteiger partial charge in [-0.05, 0) is 13.8 Å². The lowest BCUT2D eigenvalue weighted by molar-refractivity contribution is -0.416. The van der Waals surface area contributed by atoms with E-state index in [9.17, 15) is 4.79 Å². The van der Waals surface area contributed by atoms with E-state index in [-0.39, 0.29) is 42.2 Å². The van der Waals surface area contributed by atoms with E-state index in [1.807, 2.05) is 13.8 Å². The molecule has 0 radical (unpaired) electrons. The number of rotatable bonds is 1. The van der Waals surface area contributed by atoms with Gasteiger partial charge in [-0.25, -0.2) is 0 Å². The molecule has 0 aromatic heterocycles. The fourth-order valence-corrected chi connectivity index (χ4v) is 5.19.